The summed E-state index contributed by atoms with van der Waals surface area (Å²) in [5.74, 6) is 0.953. The number of benzene rings is 1. The van der Waals surface area contributed by atoms with Crippen LogP contribution in [0.5, 0.6) is 11.5 Å². The summed E-state index contributed by atoms with van der Waals surface area (Å²) in [6.07, 6.45) is 4.96. The molecule has 5 heterocycles. The van der Waals surface area contributed by atoms with Gasteiger partial charge in [0, 0.05) is 41.1 Å². The molecule has 2 aromatic heterocycles. The fourth-order valence-electron chi connectivity index (χ4n) is 5.25. The van der Waals surface area contributed by atoms with E-state index in [1.54, 1.807) is 18.3 Å². The van der Waals surface area contributed by atoms with E-state index in [4.69, 9.17) is 29.9 Å². The Morgan fingerprint density at radius 1 is 1.09 bits per heavy atom. The molecule has 0 amide bonds. The lowest BCUT2D eigenvalue weighted by Gasteiger charge is -2.37. The van der Waals surface area contributed by atoms with E-state index in [0.717, 1.165) is 29.7 Å². The van der Waals surface area contributed by atoms with Crippen LogP contribution in [0.4, 0.5) is 4.39 Å². The fraction of sp³-hybridized carbons (Fsp3) is 0.346. The van der Waals surface area contributed by atoms with Crippen LogP contribution in [0, 0.1) is 5.95 Å². The number of aromatic nitrogens is 2. The lowest BCUT2D eigenvalue weighted by atomic mass is 9.79. The predicted octanol–water partition coefficient (Wildman–Crippen LogP) is 4.65. The van der Waals surface area contributed by atoms with Crippen LogP contribution in [0.3, 0.4) is 0 Å². The number of ether oxygens (including phenoxy) is 3. The summed E-state index contributed by atoms with van der Waals surface area (Å²) < 4.78 is 32.3. The van der Waals surface area contributed by atoms with Gasteiger partial charge in [0.2, 0.25) is 5.95 Å². The number of fused-ring (bicyclic) bond motifs is 4. The highest BCUT2D eigenvalue weighted by atomic mass is 19.1. The third-order valence-corrected chi connectivity index (χ3v) is 6.89. The molecule has 6 rings (SSSR count). The number of pyridine rings is 2. The third-order valence-electron chi connectivity index (χ3n) is 6.89. The first-order valence-corrected chi connectivity index (χ1v) is 11.4. The molecular weight excluding hydrogens is 435 g/mol. The number of aliphatic imine (C=N–C) groups is 1. The average Bonchev–Trinajstić information content (AvgIpc) is 3.21. The second-order valence-electron chi connectivity index (χ2n) is 9.66. The van der Waals surface area contributed by atoms with Crippen molar-refractivity contribution in [3.05, 3.63) is 71.6 Å². The highest BCUT2D eigenvalue weighted by molar-refractivity contribution is 5.77. The lowest BCUT2D eigenvalue weighted by Crippen LogP contribution is -2.34. The highest BCUT2D eigenvalue weighted by Gasteiger charge is 2.48. The van der Waals surface area contributed by atoms with Crippen molar-refractivity contribution < 1.29 is 18.6 Å². The summed E-state index contributed by atoms with van der Waals surface area (Å²) >= 11 is 0. The molecule has 34 heavy (non-hydrogen) atoms. The van der Waals surface area contributed by atoms with Gasteiger partial charge in [-0.2, -0.15) is 4.39 Å². The number of amidine groups is 1. The van der Waals surface area contributed by atoms with E-state index in [2.05, 4.69) is 24.9 Å². The molecule has 1 spiro atoms. The van der Waals surface area contributed by atoms with Crippen LogP contribution in [0.15, 0.2) is 53.8 Å². The number of halogens is 1. The standard InChI is InChI=1S/C26H25FN4O3/c1-25(2)12-16(7-9-33-25)20-11-19-22(13-30-20)34-21-6-5-15(17-4-3-8-29-23(17)27)10-18(21)26(19)14-32-24(28)31-26/h3-6,8,10-11,13,16H,7,9,12,14H2,1-2H3,(H2,28,31)/t16-,26+/m1/s1. The molecule has 1 fully saturated rings. The van der Waals surface area contributed by atoms with Gasteiger partial charge in [-0.15, -0.1) is 0 Å². The second-order valence-corrected chi connectivity index (χ2v) is 9.66. The van der Waals surface area contributed by atoms with Crippen molar-refractivity contribution in [2.24, 2.45) is 10.7 Å². The maximum Gasteiger partial charge on any atom is 0.283 e. The molecule has 0 saturated carbocycles. The Hall–Kier alpha value is -3.52. The van der Waals surface area contributed by atoms with Gasteiger partial charge in [0.25, 0.3) is 6.02 Å². The monoisotopic (exact) mass is 460 g/mol. The van der Waals surface area contributed by atoms with E-state index < -0.39 is 11.5 Å². The first kappa shape index (κ1) is 21.0. The summed E-state index contributed by atoms with van der Waals surface area (Å²) in [4.78, 5) is 13.3. The average molecular weight is 461 g/mol. The van der Waals surface area contributed by atoms with Gasteiger partial charge < -0.3 is 19.9 Å². The molecule has 3 aliphatic rings. The van der Waals surface area contributed by atoms with Crippen molar-refractivity contribution in [2.75, 3.05) is 13.2 Å². The zero-order chi connectivity index (χ0) is 23.5. The molecule has 1 saturated heterocycles. The van der Waals surface area contributed by atoms with Gasteiger partial charge >= 0.3 is 0 Å². The summed E-state index contributed by atoms with van der Waals surface area (Å²) in [5.41, 5.74) is 8.59. The molecule has 3 aliphatic heterocycles. The molecule has 0 bridgehead atoms. The Bertz CT molecular complexity index is 1330. The molecule has 0 radical (unpaired) electrons. The number of rotatable bonds is 2. The molecule has 2 atom stereocenters. The largest absolute Gasteiger partial charge is 0.462 e. The predicted molar refractivity (Wildman–Crippen MR) is 124 cm³/mol. The van der Waals surface area contributed by atoms with Crippen LogP contribution in [0.25, 0.3) is 11.1 Å². The topological polar surface area (TPSA) is 91.9 Å². The van der Waals surface area contributed by atoms with E-state index >= 15 is 0 Å². The highest BCUT2D eigenvalue weighted by Crippen LogP contribution is 2.52. The quantitative estimate of drug-likeness (QED) is 0.560. The van der Waals surface area contributed by atoms with E-state index in [9.17, 15) is 4.39 Å². The van der Waals surface area contributed by atoms with Crippen LogP contribution < -0.4 is 10.5 Å². The van der Waals surface area contributed by atoms with Crippen molar-refractivity contribution in [2.45, 2.75) is 43.7 Å². The number of nitrogens with two attached hydrogens (primary N) is 1. The van der Waals surface area contributed by atoms with Crippen LogP contribution >= 0.6 is 0 Å². The summed E-state index contributed by atoms with van der Waals surface area (Å²) in [6, 6.07) is 11.1. The smallest absolute Gasteiger partial charge is 0.283 e. The van der Waals surface area contributed by atoms with Gasteiger partial charge in [0.1, 0.15) is 12.4 Å². The fourth-order valence-corrected chi connectivity index (χ4v) is 5.25. The maximum absolute atomic E-state index is 14.5. The minimum absolute atomic E-state index is 0.113. The molecule has 8 heteroatoms. The molecule has 2 N–H and O–H groups in total. The van der Waals surface area contributed by atoms with E-state index in [0.29, 0.717) is 29.2 Å². The van der Waals surface area contributed by atoms with Gasteiger partial charge in [-0.3, -0.25) is 4.98 Å². The molecule has 0 unspecified atom stereocenters. The van der Waals surface area contributed by atoms with Crippen LogP contribution in [0.2, 0.25) is 0 Å². The summed E-state index contributed by atoms with van der Waals surface area (Å²) in [7, 11) is 0. The van der Waals surface area contributed by atoms with Crippen LogP contribution in [-0.4, -0.2) is 34.8 Å². The van der Waals surface area contributed by atoms with Gasteiger partial charge in [-0.1, -0.05) is 6.07 Å². The Morgan fingerprint density at radius 3 is 2.71 bits per heavy atom. The lowest BCUT2D eigenvalue weighted by molar-refractivity contribution is -0.0598. The molecule has 7 nitrogen and oxygen atoms in total. The Morgan fingerprint density at radius 2 is 1.94 bits per heavy atom. The third kappa shape index (κ3) is 3.32. The van der Waals surface area contributed by atoms with Gasteiger partial charge in [0.05, 0.1) is 11.8 Å². The number of nitrogens with zero attached hydrogens (tertiary/aromatic N) is 3. The molecule has 0 aliphatic carbocycles. The van der Waals surface area contributed by atoms with Crippen molar-refractivity contribution in [1.29, 1.82) is 0 Å². The zero-order valence-corrected chi connectivity index (χ0v) is 19.0. The SMILES string of the molecule is CC1(C)C[C@H](c2cc3c(cn2)Oc2ccc(-c4cccnc4F)cc2[C@@]32COC(N)=N2)CCO1. The molecule has 3 aromatic rings. The van der Waals surface area contributed by atoms with E-state index in [-0.39, 0.29) is 24.1 Å². The first-order chi connectivity index (χ1) is 16.3. The summed E-state index contributed by atoms with van der Waals surface area (Å²) in [5, 5.41) is 0. The molecular formula is C26H25FN4O3. The zero-order valence-electron chi connectivity index (χ0n) is 19.0. The van der Waals surface area contributed by atoms with Crippen LogP contribution in [0.1, 0.15) is 49.4 Å². The van der Waals surface area contributed by atoms with Gasteiger partial charge in [-0.25, -0.2) is 9.98 Å². The van der Waals surface area contributed by atoms with Crippen molar-refractivity contribution in [3.8, 4) is 22.6 Å². The minimum Gasteiger partial charge on any atom is -0.462 e. The number of hydrogen-bond donors (Lipinski definition) is 1. The van der Waals surface area contributed by atoms with E-state index in [1.165, 1.54) is 6.20 Å². The summed E-state index contributed by atoms with van der Waals surface area (Å²) in [6.45, 7) is 5.12. The first-order valence-electron chi connectivity index (χ1n) is 11.4. The second kappa shape index (κ2) is 7.50. The van der Waals surface area contributed by atoms with E-state index in [1.807, 2.05) is 18.2 Å². The maximum atomic E-state index is 14.5. The Kier molecular flexibility index (Phi) is 4.64. The van der Waals surface area contributed by atoms with Gasteiger partial charge in [-0.05, 0) is 62.6 Å². The van der Waals surface area contributed by atoms with Gasteiger partial charge in [0.15, 0.2) is 11.3 Å². The number of hydrogen-bond acceptors (Lipinski definition) is 7. The normalized spacial score (nSPS) is 24.6. The van der Waals surface area contributed by atoms with Crippen molar-refractivity contribution in [3.63, 3.8) is 0 Å². The van der Waals surface area contributed by atoms with Crippen molar-refractivity contribution in [1.82, 2.24) is 9.97 Å². The van der Waals surface area contributed by atoms with Crippen molar-refractivity contribution >= 4 is 6.02 Å². The van der Waals surface area contributed by atoms with Crippen LogP contribution in [-0.2, 0) is 15.0 Å². The minimum atomic E-state index is -0.903. The molecule has 174 valence electrons. The Labute approximate surface area is 196 Å². The Balaban J connectivity index is 1.49. The molecule has 1 aromatic carbocycles.